The van der Waals surface area contributed by atoms with Crippen molar-refractivity contribution in [3.8, 4) is 0 Å². The highest BCUT2D eigenvalue weighted by Crippen LogP contribution is 2.32. The van der Waals surface area contributed by atoms with Crippen LogP contribution in [0.25, 0.3) is 0 Å². The third kappa shape index (κ3) is 4.55. The van der Waals surface area contributed by atoms with Crippen molar-refractivity contribution in [3.05, 3.63) is 65.7 Å². The molecule has 0 aliphatic rings. The Labute approximate surface area is 125 Å². The molecule has 21 heavy (non-hydrogen) atoms. The quantitative estimate of drug-likeness (QED) is 0.777. The molecule has 1 nitrogen and oxygen atoms in total. The Hall–Kier alpha value is -1.90. The molecule has 0 spiro atoms. The summed E-state index contributed by atoms with van der Waals surface area (Å²) in [5.41, 5.74) is 1.84. The van der Waals surface area contributed by atoms with Crippen molar-refractivity contribution in [2.45, 2.75) is 33.2 Å². The van der Waals surface area contributed by atoms with Crippen LogP contribution >= 0.6 is 0 Å². The first-order chi connectivity index (χ1) is 9.85. The van der Waals surface area contributed by atoms with Gasteiger partial charge in [0, 0.05) is 11.8 Å². The molecule has 0 aromatic heterocycles. The molecule has 112 valence electrons. The van der Waals surface area contributed by atoms with Crippen LogP contribution in [0.5, 0.6) is 0 Å². The van der Waals surface area contributed by atoms with Crippen molar-refractivity contribution in [2.24, 2.45) is 5.41 Å². The summed E-state index contributed by atoms with van der Waals surface area (Å²) in [5.74, 6) is -1.66. The third-order valence-corrected chi connectivity index (χ3v) is 3.28. The predicted molar refractivity (Wildman–Crippen MR) is 83.2 cm³/mol. The van der Waals surface area contributed by atoms with E-state index in [0.717, 1.165) is 18.1 Å². The molecular formula is C18H21F2N. The molecule has 2 rings (SSSR count). The highest BCUT2D eigenvalue weighted by Gasteiger charge is 2.20. The molecule has 0 heterocycles. The minimum Gasteiger partial charge on any atom is -0.378 e. The van der Waals surface area contributed by atoms with Gasteiger partial charge in [0.2, 0.25) is 0 Å². The van der Waals surface area contributed by atoms with Crippen LogP contribution in [0, 0.1) is 17.0 Å². The summed E-state index contributed by atoms with van der Waals surface area (Å²) in [6, 6.07) is 14.0. The first-order valence-corrected chi connectivity index (χ1v) is 7.12. The van der Waals surface area contributed by atoms with E-state index in [0.29, 0.717) is 5.69 Å². The standard InChI is InChI=1S/C18H21F2N/c1-18(2,3)12-17(13-7-5-4-6-8-13)21-14-9-10-15(19)16(20)11-14/h4-11,17,21H,12H2,1-3H3. The van der Waals surface area contributed by atoms with Gasteiger partial charge >= 0.3 is 0 Å². The van der Waals surface area contributed by atoms with Crippen LogP contribution in [0.1, 0.15) is 38.8 Å². The summed E-state index contributed by atoms with van der Waals surface area (Å²) in [5, 5.41) is 3.31. The van der Waals surface area contributed by atoms with Crippen molar-refractivity contribution >= 4 is 5.69 Å². The Morgan fingerprint density at radius 3 is 2.19 bits per heavy atom. The molecule has 0 radical (unpaired) electrons. The molecule has 3 heteroatoms. The van der Waals surface area contributed by atoms with Crippen LogP contribution in [0.3, 0.4) is 0 Å². The molecule has 1 unspecified atom stereocenters. The fraction of sp³-hybridized carbons (Fsp3) is 0.333. The fourth-order valence-electron chi connectivity index (χ4n) is 2.34. The van der Waals surface area contributed by atoms with E-state index in [4.69, 9.17) is 0 Å². The lowest BCUT2D eigenvalue weighted by Crippen LogP contribution is -2.18. The average Bonchev–Trinajstić information content (AvgIpc) is 2.42. The van der Waals surface area contributed by atoms with Crippen LogP contribution in [-0.2, 0) is 0 Å². The van der Waals surface area contributed by atoms with Gasteiger partial charge in [0.15, 0.2) is 11.6 Å². The summed E-state index contributed by atoms with van der Waals surface area (Å²) in [6.45, 7) is 6.49. The maximum atomic E-state index is 13.4. The number of hydrogen-bond acceptors (Lipinski definition) is 1. The summed E-state index contributed by atoms with van der Waals surface area (Å²) in [7, 11) is 0. The van der Waals surface area contributed by atoms with E-state index >= 15 is 0 Å². The smallest absolute Gasteiger partial charge is 0.160 e. The number of hydrogen-bond donors (Lipinski definition) is 1. The zero-order valence-corrected chi connectivity index (χ0v) is 12.7. The van der Waals surface area contributed by atoms with Gasteiger partial charge in [0.1, 0.15) is 0 Å². The Morgan fingerprint density at radius 2 is 1.62 bits per heavy atom. The summed E-state index contributed by atoms with van der Waals surface area (Å²) in [6.07, 6.45) is 0.885. The fourth-order valence-corrected chi connectivity index (χ4v) is 2.34. The number of halogens is 2. The Bertz CT molecular complexity index is 588. The second-order valence-electron chi connectivity index (χ2n) is 6.50. The first kappa shape index (κ1) is 15.5. The molecular weight excluding hydrogens is 268 g/mol. The van der Waals surface area contributed by atoms with E-state index in [2.05, 4.69) is 26.1 Å². The van der Waals surface area contributed by atoms with Gasteiger partial charge in [-0.25, -0.2) is 8.78 Å². The molecule has 1 atom stereocenters. The second kappa shape index (κ2) is 6.25. The number of benzene rings is 2. The molecule has 2 aromatic carbocycles. The van der Waals surface area contributed by atoms with Gasteiger partial charge in [-0.05, 0) is 29.5 Å². The van der Waals surface area contributed by atoms with Crippen molar-refractivity contribution in [1.82, 2.24) is 0 Å². The molecule has 0 aliphatic heterocycles. The van der Waals surface area contributed by atoms with Gasteiger partial charge in [-0.1, -0.05) is 51.1 Å². The van der Waals surface area contributed by atoms with Crippen molar-refractivity contribution in [1.29, 1.82) is 0 Å². The van der Waals surface area contributed by atoms with Crippen molar-refractivity contribution < 1.29 is 8.78 Å². The van der Waals surface area contributed by atoms with Gasteiger partial charge in [-0.15, -0.1) is 0 Å². The maximum Gasteiger partial charge on any atom is 0.160 e. The Balaban J connectivity index is 2.25. The number of anilines is 1. The van der Waals surface area contributed by atoms with Gasteiger partial charge in [-0.3, -0.25) is 0 Å². The Morgan fingerprint density at radius 1 is 0.952 bits per heavy atom. The SMILES string of the molecule is CC(C)(C)CC(Nc1ccc(F)c(F)c1)c1ccccc1. The van der Waals surface area contributed by atoms with E-state index in [1.807, 2.05) is 30.3 Å². The van der Waals surface area contributed by atoms with E-state index < -0.39 is 11.6 Å². The zero-order valence-electron chi connectivity index (χ0n) is 12.7. The molecule has 0 saturated heterocycles. The van der Waals surface area contributed by atoms with E-state index in [1.165, 1.54) is 6.07 Å². The number of nitrogens with one attached hydrogen (secondary N) is 1. The molecule has 1 N–H and O–H groups in total. The zero-order chi connectivity index (χ0) is 15.5. The molecule has 0 saturated carbocycles. The summed E-state index contributed by atoms with van der Waals surface area (Å²) in [4.78, 5) is 0. The highest BCUT2D eigenvalue weighted by molar-refractivity contribution is 5.46. The van der Waals surface area contributed by atoms with Gasteiger partial charge in [0.25, 0.3) is 0 Å². The van der Waals surface area contributed by atoms with E-state index in [1.54, 1.807) is 6.07 Å². The van der Waals surface area contributed by atoms with Crippen LogP contribution in [0.4, 0.5) is 14.5 Å². The number of rotatable bonds is 4. The van der Waals surface area contributed by atoms with E-state index in [9.17, 15) is 8.78 Å². The summed E-state index contributed by atoms with van der Waals surface area (Å²) < 4.78 is 26.4. The van der Waals surface area contributed by atoms with Gasteiger partial charge in [0.05, 0.1) is 6.04 Å². The topological polar surface area (TPSA) is 12.0 Å². The van der Waals surface area contributed by atoms with Crippen LogP contribution < -0.4 is 5.32 Å². The molecule has 0 aliphatic carbocycles. The predicted octanol–water partition coefficient (Wildman–Crippen LogP) is 5.55. The maximum absolute atomic E-state index is 13.4. The minimum absolute atomic E-state index is 0.0519. The van der Waals surface area contributed by atoms with Gasteiger partial charge in [-0.2, -0.15) is 0 Å². The highest BCUT2D eigenvalue weighted by atomic mass is 19.2. The molecule has 0 bridgehead atoms. The van der Waals surface area contributed by atoms with Crippen molar-refractivity contribution in [2.75, 3.05) is 5.32 Å². The second-order valence-corrected chi connectivity index (χ2v) is 6.50. The Kier molecular flexibility index (Phi) is 4.61. The lowest BCUT2D eigenvalue weighted by molar-refractivity contribution is 0.352. The van der Waals surface area contributed by atoms with Crippen molar-refractivity contribution in [3.63, 3.8) is 0 Å². The van der Waals surface area contributed by atoms with E-state index in [-0.39, 0.29) is 11.5 Å². The largest absolute Gasteiger partial charge is 0.378 e. The monoisotopic (exact) mass is 289 g/mol. The molecule has 0 fully saturated rings. The van der Waals surface area contributed by atoms with Crippen LogP contribution in [-0.4, -0.2) is 0 Å². The normalized spacial score (nSPS) is 13.0. The summed E-state index contributed by atoms with van der Waals surface area (Å²) >= 11 is 0. The lowest BCUT2D eigenvalue weighted by atomic mass is 9.85. The van der Waals surface area contributed by atoms with Crippen LogP contribution in [0.15, 0.2) is 48.5 Å². The average molecular weight is 289 g/mol. The van der Waals surface area contributed by atoms with Crippen LogP contribution in [0.2, 0.25) is 0 Å². The molecule has 2 aromatic rings. The van der Waals surface area contributed by atoms with Gasteiger partial charge < -0.3 is 5.32 Å². The third-order valence-electron chi connectivity index (χ3n) is 3.28. The first-order valence-electron chi connectivity index (χ1n) is 7.12. The molecule has 0 amide bonds. The lowest BCUT2D eigenvalue weighted by Gasteiger charge is -2.28. The minimum atomic E-state index is -0.831.